The number of aromatic carboxylic acids is 2. The van der Waals surface area contributed by atoms with E-state index in [0.29, 0.717) is 11.3 Å². The van der Waals surface area contributed by atoms with Crippen molar-refractivity contribution in [1.29, 1.82) is 0 Å². The summed E-state index contributed by atoms with van der Waals surface area (Å²) in [7, 11) is 0. The van der Waals surface area contributed by atoms with Gasteiger partial charge in [0, 0.05) is 39.3 Å². The summed E-state index contributed by atoms with van der Waals surface area (Å²) < 4.78 is 5.92. The van der Waals surface area contributed by atoms with Gasteiger partial charge in [0.05, 0.1) is 11.1 Å². The second-order valence-corrected chi connectivity index (χ2v) is 7.65. The number of carbonyl (C=O) groups is 2. The fourth-order valence-electron chi connectivity index (χ4n) is 3.61. The number of hydrogen-bond acceptors (Lipinski definition) is 5. The number of carboxylic acids is 2. The average Bonchev–Trinajstić information content (AvgIpc) is 2.74. The lowest BCUT2D eigenvalue weighted by Gasteiger charge is -2.35. The molecule has 160 valence electrons. The van der Waals surface area contributed by atoms with E-state index in [1.165, 1.54) is 0 Å². The number of benzene rings is 2. The minimum absolute atomic E-state index is 0.0139. The number of piperazine rings is 1. The molecule has 0 bridgehead atoms. The zero-order chi connectivity index (χ0) is 21.5. The van der Waals surface area contributed by atoms with Crippen LogP contribution in [-0.4, -0.2) is 77.3 Å². The molecule has 1 atom stereocenters. The largest absolute Gasteiger partial charge is 0.489 e. The molecule has 7 nitrogen and oxygen atoms in total. The molecule has 3 rings (SSSR count). The molecule has 2 aromatic rings. The van der Waals surface area contributed by atoms with Crippen LogP contribution in [0.3, 0.4) is 0 Å². The zero-order valence-electron chi connectivity index (χ0n) is 17.2. The molecule has 7 heteroatoms. The van der Waals surface area contributed by atoms with Crippen LogP contribution in [0.5, 0.6) is 5.75 Å². The lowest BCUT2D eigenvalue weighted by Crippen LogP contribution is -2.49. The third-order valence-corrected chi connectivity index (χ3v) is 5.34. The number of nitrogens with zero attached hydrogens (tertiary/aromatic N) is 2. The number of hydrogen-bond donors (Lipinski definition) is 2. The highest BCUT2D eigenvalue weighted by atomic mass is 16.5. The Kier molecular flexibility index (Phi) is 7.43. The summed E-state index contributed by atoms with van der Waals surface area (Å²) in [4.78, 5) is 26.6. The van der Waals surface area contributed by atoms with Crippen molar-refractivity contribution in [3.8, 4) is 5.75 Å². The molecule has 0 aliphatic carbocycles. The predicted octanol–water partition coefficient (Wildman–Crippen LogP) is 2.71. The van der Waals surface area contributed by atoms with Crippen molar-refractivity contribution in [2.75, 3.05) is 39.3 Å². The monoisotopic (exact) mass is 412 g/mol. The van der Waals surface area contributed by atoms with Gasteiger partial charge in [-0.3, -0.25) is 4.90 Å². The number of ether oxygens (including phenoxy) is 1. The first-order valence-corrected chi connectivity index (χ1v) is 10.2. The summed E-state index contributed by atoms with van der Waals surface area (Å²) in [6.07, 6.45) is 0.922. The van der Waals surface area contributed by atoms with E-state index in [2.05, 4.69) is 9.80 Å². The van der Waals surface area contributed by atoms with E-state index in [1.807, 2.05) is 19.1 Å². The van der Waals surface area contributed by atoms with Gasteiger partial charge in [-0.25, -0.2) is 9.59 Å². The van der Waals surface area contributed by atoms with Crippen LogP contribution in [0.15, 0.2) is 48.5 Å². The first kappa shape index (κ1) is 21.8. The molecular formula is C23H28N2O5. The van der Waals surface area contributed by atoms with E-state index in [0.717, 1.165) is 51.3 Å². The summed E-state index contributed by atoms with van der Waals surface area (Å²) in [6.45, 7) is 7.75. The third-order valence-electron chi connectivity index (χ3n) is 5.34. The second kappa shape index (κ2) is 10.2. The highest BCUT2D eigenvalue weighted by molar-refractivity contribution is 5.88. The van der Waals surface area contributed by atoms with Crippen molar-refractivity contribution in [3.63, 3.8) is 0 Å². The van der Waals surface area contributed by atoms with Gasteiger partial charge < -0.3 is 19.8 Å². The van der Waals surface area contributed by atoms with Crippen LogP contribution < -0.4 is 4.74 Å². The third kappa shape index (κ3) is 6.30. The van der Waals surface area contributed by atoms with Crippen molar-refractivity contribution in [2.24, 2.45) is 0 Å². The average molecular weight is 412 g/mol. The van der Waals surface area contributed by atoms with Gasteiger partial charge in [-0.05, 0) is 55.3 Å². The zero-order valence-corrected chi connectivity index (χ0v) is 17.2. The van der Waals surface area contributed by atoms with Crippen molar-refractivity contribution in [1.82, 2.24) is 9.80 Å². The Morgan fingerprint density at radius 3 is 1.90 bits per heavy atom. The Hall–Kier alpha value is -2.90. The van der Waals surface area contributed by atoms with Gasteiger partial charge in [0.2, 0.25) is 0 Å². The summed E-state index contributed by atoms with van der Waals surface area (Å²) in [5.74, 6) is -1.15. The summed E-state index contributed by atoms with van der Waals surface area (Å²) in [6, 6.07) is 13.6. The second-order valence-electron chi connectivity index (χ2n) is 7.65. The van der Waals surface area contributed by atoms with Gasteiger partial charge in [0.25, 0.3) is 0 Å². The van der Waals surface area contributed by atoms with Crippen LogP contribution in [0.1, 0.15) is 33.2 Å². The SMILES string of the molecule is CC(CN1CCN(CCc2ccc(C(=O)O)cc2)CC1)Oc1ccc(C(=O)O)cc1. The standard InChI is InChI=1S/C23H28N2O5/c1-17(30-21-8-6-20(7-9-21)23(28)29)16-25-14-12-24(13-15-25)11-10-18-2-4-19(5-3-18)22(26)27/h2-9,17H,10-16H2,1H3,(H,26,27)(H,28,29). The van der Waals surface area contributed by atoms with Crippen LogP contribution in [-0.2, 0) is 6.42 Å². The molecule has 1 saturated heterocycles. The van der Waals surface area contributed by atoms with E-state index in [9.17, 15) is 9.59 Å². The highest BCUT2D eigenvalue weighted by Crippen LogP contribution is 2.15. The van der Waals surface area contributed by atoms with Gasteiger partial charge in [-0.2, -0.15) is 0 Å². The van der Waals surface area contributed by atoms with Gasteiger partial charge >= 0.3 is 11.9 Å². The number of carboxylic acid groups (broad SMARTS) is 2. The Bertz CT molecular complexity index is 843. The van der Waals surface area contributed by atoms with Crippen molar-refractivity contribution in [3.05, 3.63) is 65.2 Å². The molecular weight excluding hydrogens is 384 g/mol. The molecule has 0 radical (unpaired) electrons. The van der Waals surface area contributed by atoms with E-state index >= 15 is 0 Å². The molecule has 1 unspecified atom stereocenters. The fraction of sp³-hybridized carbons (Fsp3) is 0.391. The first-order valence-electron chi connectivity index (χ1n) is 10.2. The Morgan fingerprint density at radius 1 is 0.867 bits per heavy atom. The van der Waals surface area contributed by atoms with Gasteiger partial charge in [-0.15, -0.1) is 0 Å². The molecule has 1 aliphatic rings. The Balaban J connectivity index is 1.37. The van der Waals surface area contributed by atoms with Gasteiger partial charge in [-0.1, -0.05) is 12.1 Å². The van der Waals surface area contributed by atoms with Crippen molar-refractivity contribution >= 4 is 11.9 Å². The predicted molar refractivity (Wildman–Crippen MR) is 113 cm³/mol. The molecule has 0 aromatic heterocycles. The van der Waals surface area contributed by atoms with E-state index in [-0.39, 0.29) is 11.7 Å². The molecule has 0 amide bonds. The minimum Gasteiger partial charge on any atom is -0.489 e. The molecule has 0 saturated carbocycles. The molecule has 2 aromatic carbocycles. The topological polar surface area (TPSA) is 90.3 Å². The van der Waals surface area contributed by atoms with Crippen LogP contribution in [0.4, 0.5) is 0 Å². The first-order chi connectivity index (χ1) is 14.4. The van der Waals surface area contributed by atoms with Crippen LogP contribution in [0, 0.1) is 0 Å². The van der Waals surface area contributed by atoms with E-state index < -0.39 is 11.9 Å². The summed E-state index contributed by atoms with van der Waals surface area (Å²) in [5, 5.41) is 17.9. The lowest BCUT2D eigenvalue weighted by molar-refractivity contribution is 0.0686. The quantitative estimate of drug-likeness (QED) is 0.654. The van der Waals surface area contributed by atoms with Crippen molar-refractivity contribution in [2.45, 2.75) is 19.4 Å². The normalized spacial score (nSPS) is 16.2. The maximum Gasteiger partial charge on any atom is 0.335 e. The summed E-state index contributed by atoms with van der Waals surface area (Å²) in [5.41, 5.74) is 1.73. The molecule has 1 aliphatic heterocycles. The van der Waals surface area contributed by atoms with Crippen LogP contribution in [0.25, 0.3) is 0 Å². The van der Waals surface area contributed by atoms with E-state index in [4.69, 9.17) is 14.9 Å². The molecule has 0 spiro atoms. The molecule has 1 fully saturated rings. The van der Waals surface area contributed by atoms with E-state index in [1.54, 1.807) is 36.4 Å². The number of rotatable bonds is 9. The maximum absolute atomic E-state index is 10.9. The van der Waals surface area contributed by atoms with Crippen LogP contribution in [0.2, 0.25) is 0 Å². The smallest absolute Gasteiger partial charge is 0.335 e. The molecule has 30 heavy (non-hydrogen) atoms. The molecule has 1 heterocycles. The van der Waals surface area contributed by atoms with Gasteiger partial charge in [0.15, 0.2) is 0 Å². The van der Waals surface area contributed by atoms with Gasteiger partial charge in [0.1, 0.15) is 11.9 Å². The minimum atomic E-state index is -0.940. The molecule has 2 N–H and O–H groups in total. The Morgan fingerprint density at radius 2 is 1.37 bits per heavy atom. The van der Waals surface area contributed by atoms with Crippen LogP contribution >= 0.6 is 0 Å². The maximum atomic E-state index is 10.9. The Labute approximate surface area is 176 Å². The lowest BCUT2D eigenvalue weighted by atomic mass is 10.1. The highest BCUT2D eigenvalue weighted by Gasteiger charge is 2.19. The fourth-order valence-corrected chi connectivity index (χ4v) is 3.61. The summed E-state index contributed by atoms with van der Waals surface area (Å²) >= 11 is 0. The van der Waals surface area contributed by atoms with Crippen molar-refractivity contribution < 1.29 is 24.5 Å².